The number of nitriles is 1. The van der Waals surface area contributed by atoms with E-state index in [1.54, 1.807) is 6.07 Å². The van der Waals surface area contributed by atoms with E-state index in [0.29, 0.717) is 5.56 Å². The van der Waals surface area contributed by atoms with Gasteiger partial charge >= 0.3 is 5.97 Å². The molecule has 3 N–H and O–H groups in total. The molecule has 4 aromatic carbocycles. The largest absolute Gasteiger partial charge is 0.477 e. The number of H-pyrrole nitrogens is 2. The molecule has 7 heteroatoms. The molecule has 302 valence electrons. The highest BCUT2D eigenvalue weighted by Crippen LogP contribution is 2.41. The van der Waals surface area contributed by atoms with E-state index in [1.807, 2.05) is 24.3 Å². The molecule has 0 unspecified atom stereocenters. The van der Waals surface area contributed by atoms with Crippen LogP contribution in [0.25, 0.3) is 97.0 Å². The van der Waals surface area contributed by atoms with Gasteiger partial charge in [0.15, 0.2) is 0 Å². The summed E-state index contributed by atoms with van der Waals surface area (Å²) in [6, 6.07) is 35.4. The van der Waals surface area contributed by atoms with E-state index in [2.05, 4.69) is 156 Å². The monoisotopic (exact) mass is 807 g/mol. The van der Waals surface area contributed by atoms with E-state index in [1.165, 1.54) is 22.8 Å². The third-order valence-corrected chi connectivity index (χ3v) is 11.8. The Morgan fingerprint density at radius 3 is 1.23 bits per heavy atom. The lowest BCUT2D eigenvalue weighted by Gasteiger charge is -2.13. The smallest absolute Gasteiger partial charge is 0.346 e. The molecule has 0 saturated carbocycles. The van der Waals surface area contributed by atoms with Crippen LogP contribution in [0.1, 0.15) is 67.3 Å². The maximum Gasteiger partial charge on any atom is 0.346 e. The van der Waals surface area contributed by atoms with Crippen LogP contribution in [-0.4, -0.2) is 31.0 Å². The lowest BCUT2D eigenvalue weighted by Crippen LogP contribution is -1.97. The molecule has 0 spiro atoms. The van der Waals surface area contributed by atoms with E-state index in [-0.39, 0.29) is 5.57 Å². The third-order valence-electron chi connectivity index (χ3n) is 11.8. The van der Waals surface area contributed by atoms with Crippen molar-refractivity contribution >= 4 is 58.4 Å². The van der Waals surface area contributed by atoms with Gasteiger partial charge in [0.2, 0.25) is 0 Å². The molecule has 8 bridgehead atoms. The number of fused-ring (bicyclic) bond motifs is 8. The van der Waals surface area contributed by atoms with Crippen molar-refractivity contribution in [3.05, 3.63) is 170 Å². The predicted octanol–water partition coefficient (Wildman–Crippen LogP) is 13.5. The minimum Gasteiger partial charge on any atom is -0.477 e. The second-order valence-electron chi connectivity index (χ2n) is 16.5. The zero-order valence-corrected chi connectivity index (χ0v) is 35.8. The van der Waals surface area contributed by atoms with Crippen LogP contribution in [0.5, 0.6) is 0 Å². The van der Waals surface area contributed by atoms with Crippen LogP contribution in [0.15, 0.2) is 103 Å². The van der Waals surface area contributed by atoms with E-state index >= 15 is 0 Å². The van der Waals surface area contributed by atoms with Gasteiger partial charge in [0, 0.05) is 44.3 Å². The number of carboxylic acids is 1. The molecule has 7 nitrogen and oxygen atoms in total. The minimum atomic E-state index is -1.27. The zero-order chi connectivity index (χ0) is 43.4. The normalized spacial score (nSPS) is 12.2. The molecule has 0 aliphatic carbocycles. The van der Waals surface area contributed by atoms with Crippen molar-refractivity contribution in [1.82, 2.24) is 19.9 Å². The fraction of sp³-hybridized carbons (Fsp3) is 0.127. The van der Waals surface area contributed by atoms with E-state index in [4.69, 9.17) is 9.97 Å². The highest BCUT2D eigenvalue weighted by molar-refractivity contribution is 6.01. The number of hydrogen-bond donors (Lipinski definition) is 3. The Hall–Kier alpha value is -7.82. The SMILES string of the molecule is Cc1ccc(-c2c3nc(c(-c4c(C)cc(C)cc4C)c4ccc([nH]4)c(-c4ccc(/C=C(/C#N)C(=O)O)cc4)c4nc(c(-c5c(C)cc(C)cc5C)c5ccc2[nH]5)C=C4)C=C3)cc1. The molecule has 0 amide bonds. The van der Waals surface area contributed by atoms with E-state index in [0.717, 1.165) is 112 Å². The van der Waals surface area contributed by atoms with Crippen molar-refractivity contribution in [2.75, 3.05) is 0 Å². The first-order valence-corrected chi connectivity index (χ1v) is 20.7. The maximum absolute atomic E-state index is 11.7. The number of rotatable bonds is 6. The van der Waals surface area contributed by atoms with Crippen molar-refractivity contribution in [3.8, 4) is 50.6 Å². The minimum absolute atomic E-state index is 0.332. The molecule has 2 aliphatic heterocycles. The quantitative estimate of drug-likeness (QED) is 0.114. The van der Waals surface area contributed by atoms with Crippen LogP contribution in [-0.2, 0) is 4.79 Å². The summed E-state index contributed by atoms with van der Waals surface area (Å²) in [5, 5.41) is 19.0. The second-order valence-corrected chi connectivity index (χ2v) is 16.5. The first kappa shape index (κ1) is 39.6. The number of nitrogens with zero attached hydrogens (tertiary/aromatic N) is 3. The Kier molecular flexibility index (Phi) is 10.0. The summed E-state index contributed by atoms with van der Waals surface area (Å²) in [6.07, 6.45) is 9.82. The summed E-state index contributed by atoms with van der Waals surface area (Å²) in [5.74, 6) is -1.27. The van der Waals surface area contributed by atoms with Crippen LogP contribution in [0.4, 0.5) is 0 Å². The summed E-state index contributed by atoms with van der Waals surface area (Å²) in [5.41, 5.74) is 23.5. The molecule has 2 aliphatic rings. The molecular weight excluding hydrogens is 763 g/mol. The van der Waals surface area contributed by atoms with Gasteiger partial charge < -0.3 is 15.1 Å². The number of carbonyl (C=O) groups is 1. The van der Waals surface area contributed by atoms with Crippen molar-refractivity contribution in [1.29, 1.82) is 5.26 Å². The standard InChI is InChI=1S/C55H45N5O2/c1-30-8-12-38(13-9-30)51-41-16-20-45(57-41)53(49-33(4)24-31(2)25-34(49)5)47-22-18-43(59-47)52(39-14-10-37(11-15-39)28-40(29-56)55(61)62)44-19-23-48(60-44)54(46-21-17-42(51)58-46)50-35(6)26-32(3)27-36(50)7/h8-28,57,60H,1-7H3,(H,61,62)/b40-28-,51-41?,51-42?,52-43?,52-44?,53-45?,53-47?,54-46?,54-48?. The third kappa shape index (κ3) is 7.16. The van der Waals surface area contributed by atoms with Crippen LogP contribution in [0, 0.1) is 59.8 Å². The van der Waals surface area contributed by atoms with Gasteiger partial charge in [-0.25, -0.2) is 14.8 Å². The number of carboxylic acid groups (broad SMARTS) is 1. The molecule has 62 heavy (non-hydrogen) atoms. The summed E-state index contributed by atoms with van der Waals surface area (Å²) in [6.45, 7) is 15.0. The Bertz CT molecular complexity index is 3230. The van der Waals surface area contributed by atoms with Crippen molar-refractivity contribution in [2.24, 2.45) is 0 Å². The van der Waals surface area contributed by atoms with Crippen LogP contribution < -0.4 is 0 Å². The number of nitrogens with one attached hydrogen (secondary N) is 2. The lowest BCUT2D eigenvalue weighted by molar-refractivity contribution is -0.132. The van der Waals surface area contributed by atoms with Crippen molar-refractivity contribution in [2.45, 2.75) is 48.5 Å². The van der Waals surface area contributed by atoms with Gasteiger partial charge in [0.05, 0.1) is 22.8 Å². The highest BCUT2D eigenvalue weighted by Gasteiger charge is 2.22. The molecule has 0 saturated heterocycles. The maximum atomic E-state index is 11.7. The Balaban J connectivity index is 1.46. The second kappa shape index (κ2) is 15.7. The zero-order valence-electron chi connectivity index (χ0n) is 35.8. The summed E-state index contributed by atoms with van der Waals surface area (Å²) in [4.78, 5) is 30.4. The summed E-state index contributed by atoms with van der Waals surface area (Å²) < 4.78 is 0. The molecule has 0 fully saturated rings. The molecule has 5 heterocycles. The van der Waals surface area contributed by atoms with Crippen molar-refractivity contribution < 1.29 is 9.90 Å². The van der Waals surface area contributed by atoms with Gasteiger partial charge in [0.25, 0.3) is 0 Å². The molecular formula is C55H45N5O2. The first-order chi connectivity index (χ1) is 29.9. The fourth-order valence-electron chi connectivity index (χ4n) is 9.26. The fourth-order valence-corrected chi connectivity index (χ4v) is 9.26. The summed E-state index contributed by atoms with van der Waals surface area (Å²) in [7, 11) is 0. The first-order valence-electron chi connectivity index (χ1n) is 20.7. The number of aromatic nitrogens is 4. The molecule has 0 radical (unpaired) electrons. The molecule has 0 atom stereocenters. The van der Waals surface area contributed by atoms with Gasteiger partial charge in [0.1, 0.15) is 11.6 Å². The summed E-state index contributed by atoms with van der Waals surface area (Å²) >= 11 is 0. The number of aliphatic carboxylic acids is 1. The average Bonchev–Trinajstić information content (AvgIpc) is 4.07. The van der Waals surface area contributed by atoms with E-state index in [9.17, 15) is 15.2 Å². The van der Waals surface area contributed by atoms with Crippen LogP contribution in [0.2, 0.25) is 0 Å². The predicted molar refractivity (Wildman–Crippen MR) is 255 cm³/mol. The van der Waals surface area contributed by atoms with Gasteiger partial charge in [-0.2, -0.15) is 5.26 Å². The number of hydrogen-bond acceptors (Lipinski definition) is 4. The molecule has 3 aromatic heterocycles. The molecule has 9 rings (SSSR count). The number of aryl methyl sites for hydroxylation is 7. The Morgan fingerprint density at radius 2 is 0.855 bits per heavy atom. The van der Waals surface area contributed by atoms with E-state index < -0.39 is 5.97 Å². The van der Waals surface area contributed by atoms with Gasteiger partial charge in [-0.15, -0.1) is 0 Å². The molecule has 7 aromatic rings. The van der Waals surface area contributed by atoms with Gasteiger partial charge in [-0.05, 0) is 153 Å². The van der Waals surface area contributed by atoms with Crippen LogP contribution in [0.3, 0.4) is 0 Å². The highest BCUT2D eigenvalue weighted by atomic mass is 16.4. The topological polar surface area (TPSA) is 118 Å². The Labute approximate surface area is 361 Å². The van der Waals surface area contributed by atoms with Gasteiger partial charge in [-0.3, -0.25) is 0 Å². The Morgan fingerprint density at radius 1 is 0.500 bits per heavy atom. The average molecular weight is 808 g/mol. The van der Waals surface area contributed by atoms with Gasteiger partial charge in [-0.1, -0.05) is 89.5 Å². The lowest BCUT2D eigenvalue weighted by atomic mass is 9.92. The van der Waals surface area contributed by atoms with Crippen molar-refractivity contribution in [3.63, 3.8) is 0 Å². The number of benzene rings is 4. The van der Waals surface area contributed by atoms with Crippen LogP contribution >= 0.6 is 0 Å². The number of aromatic amines is 2.